The monoisotopic (exact) mass is 291 g/mol. The van der Waals surface area contributed by atoms with Crippen LogP contribution in [0.1, 0.15) is 15.9 Å². The molecule has 3 aromatic rings. The second-order valence-electron chi connectivity index (χ2n) is 5.05. The van der Waals surface area contributed by atoms with Crippen molar-refractivity contribution < 1.29 is 9.18 Å². The molecule has 0 saturated carbocycles. The summed E-state index contributed by atoms with van der Waals surface area (Å²) in [4.78, 5) is 16.1. The molecule has 0 spiro atoms. The number of rotatable bonds is 4. The summed E-state index contributed by atoms with van der Waals surface area (Å²) < 4.78 is 13.2. The molecule has 0 aliphatic heterocycles. The molecule has 3 rings (SSSR count). The van der Waals surface area contributed by atoms with Gasteiger partial charge < -0.3 is 0 Å². The van der Waals surface area contributed by atoms with Gasteiger partial charge in [-0.05, 0) is 41.0 Å². The second-order valence-corrected chi connectivity index (χ2v) is 5.05. The molecule has 0 radical (unpaired) electrons. The van der Waals surface area contributed by atoms with Crippen LogP contribution in [-0.2, 0) is 6.42 Å². The number of halogens is 1. The second kappa shape index (κ2) is 6.31. The maximum atomic E-state index is 13.2. The van der Waals surface area contributed by atoms with Crippen LogP contribution in [0.2, 0.25) is 0 Å². The van der Waals surface area contributed by atoms with E-state index in [-0.39, 0.29) is 11.6 Å². The summed E-state index contributed by atoms with van der Waals surface area (Å²) in [6.07, 6.45) is 3.54. The van der Waals surface area contributed by atoms with E-state index in [0.29, 0.717) is 12.0 Å². The van der Waals surface area contributed by atoms with Crippen molar-refractivity contribution in [2.24, 2.45) is 0 Å². The van der Waals surface area contributed by atoms with Crippen molar-refractivity contribution in [2.75, 3.05) is 0 Å². The topological polar surface area (TPSA) is 30.0 Å². The predicted molar refractivity (Wildman–Crippen MR) is 84.1 cm³/mol. The number of ketones is 1. The average molecular weight is 291 g/mol. The first kappa shape index (κ1) is 14.1. The van der Waals surface area contributed by atoms with Gasteiger partial charge in [-0.25, -0.2) is 4.39 Å². The van der Waals surface area contributed by atoms with Crippen molar-refractivity contribution in [2.45, 2.75) is 6.42 Å². The van der Waals surface area contributed by atoms with Gasteiger partial charge in [0.15, 0.2) is 5.78 Å². The van der Waals surface area contributed by atoms with E-state index < -0.39 is 0 Å². The first-order chi connectivity index (χ1) is 10.7. The molecule has 108 valence electrons. The fourth-order valence-corrected chi connectivity index (χ4v) is 2.30. The Balaban J connectivity index is 1.76. The van der Waals surface area contributed by atoms with E-state index in [1.165, 1.54) is 12.1 Å². The van der Waals surface area contributed by atoms with Gasteiger partial charge in [0.05, 0.1) is 0 Å². The Morgan fingerprint density at radius 3 is 2.45 bits per heavy atom. The molecule has 0 aliphatic rings. The van der Waals surface area contributed by atoms with Crippen LogP contribution in [0.3, 0.4) is 0 Å². The Morgan fingerprint density at radius 2 is 1.77 bits per heavy atom. The van der Waals surface area contributed by atoms with Gasteiger partial charge in [0.25, 0.3) is 0 Å². The van der Waals surface area contributed by atoms with E-state index in [4.69, 9.17) is 0 Å². The Labute approximate surface area is 128 Å². The SMILES string of the molecule is O=C(Cc1ccc(-c2cccc(F)c2)cc1)c1cccnc1. The molecule has 1 aromatic heterocycles. The third-order valence-corrected chi connectivity index (χ3v) is 3.46. The minimum atomic E-state index is -0.256. The molecule has 0 aliphatic carbocycles. The molecule has 3 heteroatoms. The highest BCUT2D eigenvalue weighted by Gasteiger charge is 2.07. The summed E-state index contributed by atoms with van der Waals surface area (Å²) in [7, 11) is 0. The Morgan fingerprint density at radius 1 is 0.955 bits per heavy atom. The summed E-state index contributed by atoms with van der Waals surface area (Å²) in [6, 6.07) is 17.6. The van der Waals surface area contributed by atoms with Gasteiger partial charge >= 0.3 is 0 Å². The molecule has 0 saturated heterocycles. The van der Waals surface area contributed by atoms with Gasteiger partial charge in [-0.15, -0.1) is 0 Å². The number of hydrogen-bond acceptors (Lipinski definition) is 2. The molecular formula is C19H14FNO. The first-order valence-electron chi connectivity index (χ1n) is 7.00. The lowest BCUT2D eigenvalue weighted by Gasteiger charge is -2.05. The van der Waals surface area contributed by atoms with Crippen LogP contribution in [0.15, 0.2) is 73.1 Å². The molecule has 0 fully saturated rings. The number of pyridine rings is 1. The van der Waals surface area contributed by atoms with Crippen LogP contribution in [0, 0.1) is 5.82 Å². The zero-order valence-electron chi connectivity index (χ0n) is 11.9. The van der Waals surface area contributed by atoms with Crippen LogP contribution >= 0.6 is 0 Å². The van der Waals surface area contributed by atoms with Crippen molar-refractivity contribution in [1.82, 2.24) is 4.98 Å². The highest BCUT2D eigenvalue weighted by Crippen LogP contribution is 2.21. The highest BCUT2D eigenvalue weighted by atomic mass is 19.1. The van der Waals surface area contributed by atoms with Crippen LogP contribution < -0.4 is 0 Å². The quantitative estimate of drug-likeness (QED) is 0.670. The number of carbonyl (C=O) groups excluding carboxylic acids is 1. The van der Waals surface area contributed by atoms with Crippen molar-refractivity contribution in [3.63, 3.8) is 0 Å². The van der Waals surface area contributed by atoms with E-state index in [2.05, 4.69) is 4.98 Å². The van der Waals surface area contributed by atoms with Crippen molar-refractivity contribution >= 4 is 5.78 Å². The van der Waals surface area contributed by atoms with E-state index in [9.17, 15) is 9.18 Å². The highest BCUT2D eigenvalue weighted by molar-refractivity contribution is 5.97. The summed E-state index contributed by atoms with van der Waals surface area (Å²) in [5.74, 6) is -0.222. The molecular weight excluding hydrogens is 277 g/mol. The number of Topliss-reactive ketones (excluding diaryl/α,β-unsaturated/α-hetero) is 1. The van der Waals surface area contributed by atoms with Crippen LogP contribution in [0.5, 0.6) is 0 Å². The summed E-state index contributed by atoms with van der Waals surface area (Å²) in [5.41, 5.74) is 3.29. The Kier molecular flexibility index (Phi) is 4.05. The van der Waals surface area contributed by atoms with Gasteiger partial charge in [-0.2, -0.15) is 0 Å². The fraction of sp³-hybridized carbons (Fsp3) is 0.0526. The predicted octanol–water partition coefficient (Wildman–Crippen LogP) is 4.31. The van der Waals surface area contributed by atoms with Crippen molar-refractivity contribution in [3.05, 3.63) is 90.0 Å². The molecule has 2 nitrogen and oxygen atoms in total. The van der Waals surface area contributed by atoms with E-state index in [1.807, 2.05) is 30.3 Å². The third-order valence-electron chi connectivity index (χ3n) is 3.46. The zero-order valence-corrected chi connectivity index (χ0v) is 11.9. The molecule has 0 atom stereocenters. The Hall–Kier alpha value is -2.81. The first-order valence-corrected chi connectivity index (χ1v) is 7.00. The van der Waals surface area contributed by atoms with Gasteiger partial charge in [0.2, 0.25) is 0 Å². The minimum absolute atomic E-state index is 0.0339. The maximum Gasteiger partial charge on any atom is 0.168 e. The van der Waals surface area contributed by atoms with Gasteiger partial charge in [0, 0.05) is 24.4 Å². The Bertz CT molecular complexity index is 782. The maximum absolute atomic E-state index is 13.2. The molecule has 22 heavy (non-hydrogen) atoms. The summed E-state index contributed by atoms with van der Waals surface area (Å²) in [5, 5.41) is 0. The summed E-state index contributed by atoms with van der Waals surface area (Å²) in [6.45, 7) is 0. The standard InChI is InChI=1S/C19H14FNO/c20-18-5-1-3-16(12-18)15-8-6-14(7-9-15)11-19(22)17-4-2-10-21-13-17/h1-10,12-13H,11H2. The normalized spacial score (nSPS) is 10.4. The van der Waals surface area contributed by atoms with E-state index >= 15 is 0 Å². The number of benzene rings is 2. The average Bonchev–Trinajstić information content (AvgIpc) is 2.56. The lowest BCUT2D eigenvalue weighted by atomic mass is 10.0. The number of hydrogen-bond donors (Lipinski definition) is 0. The molecule has 0 amide bonds. The van der Waals surface area contributed by atoms with Crippen LogP contribution in [0.4, 0.5) is 4.39 Å². The molecule has 1 heterocycles. The molecule has 0 unspecified atom stereocenters. The van der Waals surface area contributed by atoms with Crippen LogP contribution in [0.25, 0.3) is 11.1 Å². The summed E-state index contributed by atoms with van der Waals surface area (Å²) >= 11 is 0. The fourth-order valence-electron chi connectivity index (χ4n) is 2.30. The van der Waals surface area contributed by atoms with Crippen LogP contribution in [-0.4, -0.2) is 10.8 Å². The minimum Gasteiger partial charge on any atom is -0.294 e. The van der Waals surface area contributed by atoms with Gasteiger partial charge in [-0.3, -0.25) is 9.78 Å². The molecule has 2 aromatic carbocycles. The number of carbonyl (C=O) groups is 1. The van der Waals surface area contributed by atoms with E-state index in [1.54, 1.807) is 30.6 Å². The number of nitrogens with zero attached hydrogens (tertiary/aromatic N) is 1. The lowest BCUT2D eigenvalue weighted by molar-refractivity contribution is 0.0992. The lowest BCUT2D eigenvalue weighted by Crippen LogP contribution is -2.03. The van der Waals surface area contributed by atoms with Gasteiger partial charge in [0.1, 0.15) is 5.82 Å². The zero-order chi connectivity index (χ0) is 15.4. The van der Waals surface area contributed by atoms with Crippen molar-refractivity contribution in [1.29, 1.82) is 0 Å². The van der Waals surface area contributed by atoms with Crippen molar-refractivity contribution in [3.8, 4) is 11.1 Å². The van der Waals surface area contributed by atoms with Gasteiger partial charge in [-0.1, -0.05) is 36.4 Å². The largest absolute Gasteiger partial charge is 0.294 e. The smallest absolute Gasteiger partial charge is 0.168 e. The van der Waals surface area contributed by atoms with E-state index in [0.717, 1.165) is 16.7 Å². The molecule has 0 N–H and O–H groups in total. The number of aromatic nitrogens is 1. The molecule has 0 bridgehead atoms. The third kappa shape index (κ3) is 3.26.